The lowest BCUT2D eigenvalue weighted by Crippen LogP contribution is -2.27. The number of halogens is 1. The second kappa shape index (κ2) is 5.91. The van der Waals surface area contributed by atoms with Crippen LogP contribution in [-0.4, -0.2) is 18.5 Å². The number of ether oxygens (including phenoxy) is 2. The van der Waals surface area contributed by atoms with Crippen LogP contribution in [-0.2, 0) is 9.53 Å². The van der Waals surface area contributed by atoms with Crippen molar-refractivity contribution in [2.45, 2.75) is 25.9 Å². The van der Waals surface area contributed by atoms with Crippen molar-refractivity contribution >= 4 is 17.4 Å². The van der Waals surface area contributed by atoms with Gasteiger partial charge in [0, 0.05) is 5.02 Å². The van der Waals surface area contributed by atoms with E-state index < -0.39 is 6.10 Å². The van der Waals surface area contributed by atoms with Crippen molar-refractivity contribution in [2.75, 3.05) is 6.61 Å². The molecule has 2 rings (SSSR count). The zero-order valence-electron chi connectivity index (χ0n) is 10.2. The SMILES string of the molecule is CC(Oc1cccc(Cl)c1)C(=O)C1=CCCCO1. The standard InChI is InChI=1S/C14H15ClO3/c1-10(14(16)13-7-2-3-8-17-13)18-12-6-4-5-11(15)9-12/h4-7,9-10H,2-3,8H2,1H3. The molecule has 0 N–H and O–H groups in total. The molecule has 0 saturated heterocycles. The number of benzene rings is 1. The molecular formula is C14H15ClO3. The fourth-order valence-corrected chi connectivity index (χ4v) is 1.91. The third-order valence-electron chi connectivity index (χ3n) is 2.66. The van der Waals surface area contributed by atoms with Crippen molar-refractivity contribution in [3.8, 4) is 5.75 Å². The Morgan fingerprint density at radius 3 is 3.00 bits per heavy atom. The zero-order chi connectivity index (χ0) is 13.0. The molecule has 0 saturated carbocycles. The number of hydrogen-bond acceptors (Lipinski definition) is 3. The number of carbonyl (C=O) groups excluding carboxylic acids is 1. The van der Waals surface area contributed by atoms with Crippen molar-refractivity contribution < 1.29 is 14.3 Å². The molecular weight excluding hydrogens is 252 g/mol. The first kappa shape index (κ1) is 13.0. The topological polar surface area (TPSA) is 35.5 Å². The number of ketones is 1. The second-order valence-corrected chi connectivity index (χ2v) is 4.58. The van der Waals surface area contributed by atoms with Crippen LogP contribution in [0.1, 0.15) is 19.8 Å². The molecule has 0 aliphatic carbocycles. The summed E-state index contributed by atoms with van der Waals surface area (Å²) in [7, 11) is 0. The summed E-state index contributed by atoms with van der Waals surface area (Å²) in [6.07, 6.45) is 3.09. The van der Waals surface area contributed by atoms with E-state index in [0.29, 0.717) is 23.1 Å². The predicted octanol–water partition coefficient (Wildman–Crippen LogP) is 3.37. The Balaban J connectivity index is 2.01. The van der Waals surface area contributed by atoms with Crippen LogP contribution in [0.15, 0.2) is 36.1 Å². The minimum atomic E-state index is -0.576. The van der Waals surface area contributed by atoms with Gasteiger partial charge in [-0.25, -0.2) is 0 Å². The lowest BCUT2D eigenvalue weighted by atomic mass is 10.1. The summed E-state index contributed by atoms with van der Waals surface area (Å²) in [4.78, 5) is 12.0. The maximum atomic E-state index is 12.0. The molecule has 1 aromatic rings. The molecule has 0 amide bonds. The summed E-state index contributed by atoms with van der Waals surface area (Å²) in [5.74, 6) is 0.866. The molecule has 18 heavy (non-hydrogen) atoms. The predicted molar refractivity (Wildman–Crippen MR) is 69.8 cm³/mol. The highest BCUT2D eigenvalue weighted by Gasteiger charge is 2.22. The van der Waals surface area contributed by atoms with Crippen molar-refractivity contribution in [1.82, 2.24) is 0 Å². The number of allylic oxidation sites excluding steroid dienone is 1. The van der Waals surface area contributed by atoms with Crippen LogP contribution in [0.5, 0.6) is 5.75 Å². The molecule has 3 nitrogen and oxygen atoms in total. The largest absolute Gasteiger partial charge is 0.490 e. The fourth-order valence-electron chi connectivity index (χ4n) is 1.73. The van der Waals surface area contributed by atoms with E-state index >= 15 is 0 Å². The van der Waals surface area contributed by atoms with E-state index in [2.05, 4.69) is 0 Å². The molecule has 1 aromatic carbocycles. The average Bonchev–Trinajstić information content (AvgIpc) is 2.39. The molecule has 1 aliphatic heterocycles. The quantitative estimate of drug-likeness (QED) is 0.838. The number of Topliss-reactive ketones (excluding diaryl/α,β-unsaturated/α-hetero) is 1. The third kappa shape index (κ3) is 3.26. The normalized spacial score (nSPS) is 16.4. The van der Waals surface area contributed by atoms with Gasteiger partial charge in [-0.3, -0.25) is 4.79 Å². The first-order valence-corrected chi connectivity index (χ1v) is 6.34. The second-order valence-electron chi connectivity index (χ2n) is 4.14. The minimum absolute atomic E-state index is 0.130. The highest BCUT2D eigenvalue weighted by molar-refractivity contribution is 6.30. The van der Waals surface area contributed by atoms with Crippen molar-refractivity contribution in [3.63, 3.8) is 0 Å². The van der Waals surface area contributed by atoms with Gasteiger partial charge in [-0.05, 0) is 44.0 Å². The average molecular weight is 267 g/mol. The molecule has 96 valence electrons. The highest BCUT2D eigenvalue weighted by atomic mass is 35.5. The smallest absolute Gasteiger partial charge is 0.237 e. The van der Waals surface area contributed by atoms with E-state index in [9.17, 15) is 4.79 Å². The molecule has 1 unspecified atom stereocenters. The Hall–Kier alpha value is -1.48. The van der Waals surface area contributed by atoms with Crippen molar-refractivity contribution in [2.24, 2.45) is 0 Å². The molecule has 0 fully saturated rings. The zero-order valence-corrected chi connectivity index (χ0v) is 10.9. The van der Waals surface area contributed by atoms with Gasteiger partial charge in [-0.2, -0.15) is 0 Å². The van der Waals surface area contributed by atoms with Crippen LogP contribution in [0.2, 0.25) is 5.02 Å². The Kier molecular flexibility index (Phi) is 4.26. The molecule has 1 atom stereocenters. The molecule has 4 heteroatoms. The van der Waals surface area contributed by atoms with E-state index in [1.807, 2.05) is 6.08 Å². The fraction of sp³-hybridized carbons (Fsp3) is 0.357. The maximum absolute atomic E-state index is 12.0. The molecule has 1 heterocycles. The van der Waals surface area contributed by atoms with Crippen LogP contribution in [0.4, 0.5) is 0 Å². The van der Waals surface area contributed by atoms with E-state index in [1.54, 1.807) is 31.2 Å². The molecule has 1 aliphatic rings. The highest BCUT2D eigenvalue weighted by Crippen LogP contribution is 2.20. The number of carbonyl (C=O) groups is 1. The monoisotopic (exact) mass is 266 g/mol. The van der Waals surface area contributed by atoms with Crippen LogP contribution < -0.4 is 4.74 Å². The van der Waals surface area contributed by atoms with Crippen LogP contribution >= 0.6 is 11.6 Å². The molecule has 0 spiro atoms. The van der Waals surface area contributed by atoms with Gasteiger partial charge in [-0.1, -0.05) is 17.7 Å². The molecule has 0 aromatic heterocycles. The lowest BCUT2D eigenvalue weighted by Gasteiger charge is -2.18. The third-order valence-corrected chi connectivity index (χ3v) is 2.89. The van der Waals surface area contributed by atoms with E-state index in [-0.39, 0.29) is 5.78 Å². The molecule has 0 bridgehead atoms. The van der Waals surface area contributed by atoms with Crippen molar-refractivity contribution in [1.29, 1.82) is 0 Å². The summed E-state index contributed by atoms with van der Waals surface area (Å²) in [6.45, 7) is 2.31. The van der Waals surface area contributed by atoms with E-state index in [0.717, 1.165) is 12.8 Å². The van der Waals surface area contributed by atoms with E-state index in [4.69, 9.17) is 21.1 Å². The van der Waals surface area contributed by atoms with Crippen LogP contribution in [0.3, 0.4) is 0 Å². The Morgan fingerprint density at radius 1 is 1.50 bits per heavy atom. The van der Waals surface area contributed by atoms with Gasteiger partial charge in [0.1, 0.15) is 5.75 Å². The summed E-state index contributed by atoms with van der Waals surface area (Å²) in [5, 5.41) is 0.584. The summed E-state index contributed by atoms with van der Waals surface area (Å²) >= 11 is 5.86. The first-order chi connectivity index (χ1) is 8.66. The van der Waals surface area contributed by atoms with Gasteiger partial charge in [0.2, 0.25) is 5.78 Å². The van der Waals surface area contributed by atoms with Crippen molar-refractivity contribution in [3.05, 3.63) is 41.1 Å². The van der Waals surface area contributed by atoms with Gasteiger partial charge in [-0.15, -0.1) is 0 Å². The Bertz CT molecular complexity index is 468. The van der Waals surface area contributed by atoms with Gasteiger partial charge in [0.15, 0.2) is 11.9 Å². The maximum Gasteiger partial charge on any atom is 0.237 e. The van der Waals surface area contributed by atoms with Gasteiger partial charge in [0.05, 0.1) is 6.61 Å². The van der Waals surface area contributed by atoms with Crippen LogP contribution in [0.25, 0.3) is 0 Å². The first-order valence-electron chi connectivity index (χ1n) is 5.96. The Morgan fingerprint density at radius 2 is 2.33 bits per heavy atom. The van der Waals surface area contributed by atoms with Gasteiger partial charge >= 0.3 is 0 Å². The minimum Gasteiger partial charge on any atom is -0.490 e. The summed E-state index contributed by atoms with van der Waals surface area (Å²) in [5.41, 5.74) is 0. The van der Waals surface area contributed by atoms with Gasteiger partial charge < -0.3 is 9.47 Å². The number of rotatable bonds is 4. The summed E-state index contributed by atoms with van der Waals surface area (Å²) < 4.78 is 10.9. The lowest BCUT2D eigenvalue weighted by molar-refractivity contribution is -0.125. The summed E-state index contributed by atoms with van der Waals surface area (Å²) in [6, 6.07) is 6.99. The molecule has 0 radical (unpaired) electrons. The van der Waals surface area contributed by atoms with Crippen LogP contribution in [0, 0.1) is 0 Å². The number of hydrogen-bond donors (Lipinski definition) is 0. The Labute approximate surface area is 111 Å². The van der Waals surface area contributed by atoms with Gasteiger partial charge in [0.25, 0.3) is 0 Å². The van der Waals surface area contributed by atoms with E-state index in [1.165, 1.54) is 0 Å².